The highest BCUT2D eigenvalue weighted by atomic mass is 16.2. The number of nitrogens with one attached hydrogen (secondary N) is 1. The van der Waals surface area contributed by atoms with Crippen LogP contribution >= 0.6 is 0 Å². The second-order valence-corrected chi connectivity index (χ2v) is 7.28. The maximum absolute atomic E-state index is 12.5. The zero-order valence-corrected chi connectivity index (χ0v) is 15.7. The second kappa shape index (κ2) is 7.76. The van der Waals surface area contributed by atoms with Crippen LogP contribution in [0.4, 0.5) is 0 Å². The molecule has 0 radical (unpaired) electrons. The summed E-state index contributed by atoms with van der Waals surface area (Å²) in [6.07, 6.45) is 2.92. The predicted octanol–water partition coefficient (Wildman–Crippen LogP) is 2.02. The normalized spacial score (nSPS) is 21.6. The van der Waals surface area contributed by atoms with Gasteiger partial charge in [0.05, 0.1) is 17.1 Å². The quantitative estimate of drug-likeness (QED) is 0.892. The van der Waals surface area contributed by atoms with E-state index in [2.05, 4.69) is 46.0 Å². The number of aryl methyl sites for hydroxylation is 1. The van der Waals surface area contributed by atoms with Crippen LogP contribution < -0.4 is 5.32 Å². The number of aromatic nitrogens is 2. The Morgan fingerprint density at radius 2 is 2.04 bits per heavy atom. The van der Waals surface area contributed by atoms with E-state index in [4.69, 9.17) is 4.98 Å². The van der Waals surface area contributed by atoms with Gasteiger partial charge in [-0.05, 0) is 38.4 Å². The Hall–Kier alpha value is -1.92. The van der Waals surface area contributed by atoms with E-state index in [1.54, 1.807) is 0 Å². The number of rotatable bonds is 5. The van der Waals surface area contributed by atoms with Gasteiger partial charge in [-0.15, -0.1) is 0 Å². The third-order valence-electron chi connectivity index (χ3n) is 5.74. The summed E-state index contributed by atoms with van der Waals surface area (Å²) in [7, 11) is 0. The van der Waals surface area contributed by atoms with Crippen molar-refractivity contribution in [1.29, 1.82) is 0 Å². The van der Waals surface area contributed by atoms with Crippen LogP contribution in [0.3, 0.4) is 0 Å². The fraction of sp³-hybridized carbons (Fsp3) is 0.600. The zero-order chi connectivity index (χ0) is 17.9. The molecule has 1 N–H and O–H groups in total. The lowest BCUT2D eigenvalue weighted by Gasteiger charge is -2.29. The lowest BCUT2D eigenvalue weighted by Crippen LogP contribution is -2.47. The molecule has 1 amide bonds. The highest BCUT2D eigenvalue weighted by Gasteiger charge is 2.30. The minimum Gasteiger partial charge on any atom is -0.340 e. The molecule has 6 nitrogen and oxygen atoms in total. The molecule has 1 aromatic heterocycles. The van der Waals surface area contributed by atoms with Crippen molar-refractivity contribution in [2.24, 2.45) is 0 Å². The first-order valence-corrected chi connectivity index (χ1v) is 9.95. The van der Waals surface area contributed by atoms with Crippen LogP contribution in [-0.2, 0) is 11.3 Å². The predicted molar refractivity (Wildman–Crippen MR) is 103 cm³/mol. The highest BCUT2D eigenvalue weighted by molar-refractivity contribution is 5.77. The lowest BCUT2D eigenvalue weighted by molar-refractivity contribution is -0.132. The molecular weight excluding hydrogens is 326 g/mol. The van der Waals surface area contributed by atoms with Gasteiger partial charge in [-0.25, -0.2) is 4.98 Å². The average molecular weight is 355 g/mol. The Bertz CT molecular complexity index is 765. The van der Waals surface area contributed by atoms with Crippen molar-refractivity contribution in [2.75, 3.05) is 39.3 Å². The Morgan fingerprint density at radius 3 is 2.85 bits per heavy atom. The van der Waals surface area contributed by atoms with E-state index in [9.17, 15) is 4.79 Å². The van der Waals surface area contributed by atoms with E-state index < -0.39 is 0 Å². The molecule has 2 aromatic rings. The van der Waals surface area contributed by atoms with Crippen LogP contribution in [-0.4, -0.2) is 64.5 Å². The molecule has 4 rings (SSSR count). The summed E-state index contributed by atoms with van der Waals surface area (Å²) in [5.41, 5.74) is 2.29. The van der Waals surface area contributed by atoms with Gasteiger partial charge in [0.25, 0.3) is 0 Å². The van der Waals surface area contributed by atoms with E-state index in [1.165, 1.54) is 17.8 Å². The Morgan fingerprint density at radius 1 is 1.23 bits per heavy atom. The van der Waals surface area contributed by atoms with Crippen molar-refractivity contribution in [1.82, 2.24) is 24.7 Å². The first-order chi connectivity index (χ1) is 12.8. The van der Waals surface area contributed by atoms with Gasteiger partial charge in [0.15, 0.2) is 0 Å². The third-order valence-corrected chi connectivity index (χ3v) is 5.74. The molecule has 0 bridgehead atoms. The maximum Gasteiger partial charge on any atom is 0.223 e. The fourth-order valence-corrected chi connectivity index (χ4v) is 4.38. The number of hydrogen-bond acceptors (Lipinski definition) is 4. The van der Waals surface area contributed by atoms with Crippen LogP contribution in [0, 0.1) is 0 Å². The molecule has 1 unspecified atom stereocenters. The van der Waals surface area contributed by atoms with Crippen molar-refractivity contribution in [3.05, 3.63) is 30.1 Å². The summed E-state index contributed by atoms with van der Waals surface area (Å²) in [4.78, 5) is 21.9. The standard InChI is InChI=1S/C20H29N5O/c1-2-25-17-7-4-3-6-16(17)22-20(25)18-8-5-12-23(18)13-9-19(26)24-14-10-21-11-15-24/h3-4,6-7,18,21H,2,5,8-15H2,1H3. The minimum absolute atomic E-state index is 0.293. The molecule has 1 aromatic carbocycles. The molecule has 3 heterocycles. The van der Waals surface area contributed by atoms with Gasteiger partial charge in [0.2, 0.25) is 5.91 Å². The number of carbonyl (C=O) groups excluding carboxylic acids is 1. The summed E-state index contributed by atoms with van der Waals surface area (Å²) >= 11 is 0. The number of amides is 1. The molecule has 2 fully saturated rings. The summed E-state index contributed by atoms with van der Waals surface area (Å²) in [6, 6.07) is 8.72. The smallest absolute Gasteiger partial charge is 0.223 e. The van der Waals surface area contributed by atoms with Gasteiger partial charge in [-0.2, -0.15) is 0 Å². The number of hydrogen-bond donors (Lipinski definition) is 1. The van der Waals surface area contributed by atoms with Gasteiger partial charge in [0, 0.05) is 45.7 Å². The zero-order valence-electron chi connectivity index (χ0n) is 15.7. The summed E-state index contributed by atoms with van der Waals surface area (Å²) in [6.45, 7) is 8.52. The van der Waals surface area contributed by atoms with Gasteiger partial charge in [-0.3, -0.25) is 9.69 Å². The van der Waals surface area contributed by atoms with Crippen LogP contribution in [0.2, 0.25) is 0 Å². The van der Waals surface area contributed by atoms with Gasteiger partial charge < -0.3 is 14.8 Å². The van der Waals surface area contributed by atoms with Gasteiger partial charge in [-0.1, -0.05) is 12.1 Å². The number of benzene rings is 1. The van der Waals surface area contributed by atoms with Crippen LogP contribution in [0.5, 0.6) is 0 Å². The number of fused-ring (bicyclic) bond motifs is 1. The molecule has 2 aliphatic rings. The number of carbonyl (C=O) groups is 1. The molecule has 26 heavy (non-hydrogen) atoms. The molecule has 1 atom stereocenters. The number of para-hydroxylation sites is 2. The molecule has 0 spiro atoms. The maximum atomic E-state index is 12.5. The van der Waals surface area contributed by atoms with Crippen molar-refractivity contribution in [3.63, 3.8) is 0 Å². The van der Waals surface area contributed by atoms with Crippen molar-refractivity contribution in [2.45, 2.75) is 38.8 Å². The summed E-state index contributed by atoms with van der Waals surface area (Å²) in [5, 5.41) is 3.31. The van der Waals surface area contributed by atoms with Crippen LogP contribution in [0.15, 0.2) is 24.3 Å². The Balaban J connectivity index is 1.47. The topological polar surface area (TPSA) is 53.4 Å². The van der Waals surface area contributed by atoms with E-state index >= 15 is 0 Å². The first kappa shape index (κ1) is 17.5. The summed E-state index contributed by atoms with van der Waals surface area (Å²) < 4.78 is 2.34. The minimum atomic E-state index is 0.293. The molecule has 0 aliphatic carbocycles. The molecule has 0 saturated carbocycles. The van der Waals surface area contributed by atoms with E-state index in [0.29, 0.717) is 18.4 Å². The average Bonchev–Trinajstić information content (AvgIpc) is 3.30. The number of likely N-dealkylation sites (tertiary alicyclic amines) is 1. The number of imidazole rings is 1. The first-order valence-electron chi connectivity index (χ1n) is 9.95. The summed E-state index contributed by atoms with van der Waals surface area (Å²) in [5.74, 6) is 1.46. The lowest BCUT2D eigenvalue weighted by atomic mass is 10.2. The SMILES string of the molecule is CCn1c(C2CCCN2CCC(=O)N2CCNCC2)nc2ccccc21. The number of nitrogens with zero attached hydrogens (tertiary/aromatic N) is 4. The third kappa shape index (κ3) is 3.35. The van der Waals surface area contributed by atoms with E-state index in [0.717, 1.165) is 57.8 Å². The molecular formula is C20H29N5O. The fourth-order valence-electron chi connectivity index (χ4n) is 4.38. The Kier molecular flexibility index (Phi) is 5.22. The molecule has 2 saturated heterocycles. The van der Waals surface area contributed by atoms with Crippen LogP contribution in [0.25, 0.3) is 11.0 Å². The molecule has 6 heteroatoms. The highest BCUT2D eigenvalue weighted by Crippen LogP contribution is 2.33. The Labute approximate surface area is 155 Å². The molecule has 140 valence electrons. The van der Waals surface area contributed by atoms with E-state index in [1.807, 2.05) is 4.90 Å². The van der Waals surface area contributed by atoms with Crippen LogP contribution in [0.1, 0.15) is 38.1 Å². The largest absolute Gasteiger partial charge is 0.340 e. The second-order valence-electron chi connectivity index (χ2n) is 7.28. The monoisotopic (exact) mass is 355 g/mol. The number of piperazine rings is 1. The van der Waals surface area contributed by atoms with Crippen molar-refractivity contribution in [3.8, 4) is 0 Å². The van der Waals surface area contributed by atoms with Gasteiger partial charge in [0.1, 0.15) is 5.82 Å². The van der Waals surface area contributed by atoms with Gasteiger partial charge >= 0.3 is 0 Å². The van der Waals surface area contributed by atoms with E-state index in [-0.39, 0.29) is 0 Å². The van der Waals surface area contributed by atoms with Crippen molar-refractivity contribution >= 4 is 16.9 Å². The molecule has 2 aliphatic heterocycles. The van der Waals surface area contributed by atoms with Crippen molar-refractivity contribution < 1.29 is 4.79 Å².